The van der Waals surface area contributed by atoms with Crippen molar-refractivity contribution in [2.45, 2.75) is 55.2 Å². The lowest BCUT2D eigenvalue weighted by atomic mass is 9.92. The first-order chi connectivity index (χ1) is 12.6. The van der Waals surface area contributed by atoms with Crippen molar-refractivity contribution in [1.29, 1.82) is 0 Å². The van der Waals surface area contributed by atoms with Crippen molar-refractivity contribution in [3.05, 3.63) is 12.7 Å². The number of quaternary nitrogens is 1. The van der Waals surface area contributed by atoms with Crippen molar-refractivity contribution in [3.63, 3.8) is 0 Å². The van der Waals surface area contributed by atoms with Gasteiger partial charge in [-0.1, -0.05) is 13.5 Å². The summed E-state index contributed by atoms with van der Waals surface area (Å²) in [6.07, 6.45) is -7.24. The van der Waals surface area contributed by atoms with Gasteiger partial charge in [0.05, 0.1) is 6.54 Å². The second-order valence-electron chi connectivity index (χ2n) is 6.42. The first-order valence-corrected chi connectivity index (χ1v) is 7.63. The number of carbonyl (C=O) groups is 1. The topological polar surface area (TPSA) is 17.1 Å². The van der Waals surface area contributed by atoms with Gasteiger partial charge in [-0.3, -0.25) is 0 Å². The third-order valence-corrected chi connectivity index (χ3v) is 4.57. The van der Waals surface area contributed by atoms with E-state index in [9.17, 15) is 61.9 Å². The van der Waals surface area contributed by atoms with Gasteiger partial charge in [-0.05, 0) is 6.42 Å². The van der Waals surface area contributed by atoms with Crippen molar-refractivity contribution in [2.75, 3.05) is 13.1 Å². The average Bonchev–Trinajstić information content (AvgIpc) is 3.29. The number of hydrogen-bond acceptors (Lipinski definition) is 1. The van der Waals surface area contributed by atoms with Crippen LogP contribution < -0.4 is 0 Å². The Morgan fingerprint density at radius 2 is 1.28 bits per heavy atom. The fourth-order valence-corrected chi connectivity index (χ4v) is 2.86. The van der Waals surface area contributed by atoms with Crippen molar-refractivity contribution >= 4 is 5.91 Å². The van der Waals surface area contributed by atoms with E-state index in [0.717, 1.165) is 0 Å². The summed E-state index contributed by atoms with van der Waals surface area (Å²) in [6, 6.07) is -3.07. The highest BCUT2D eigenvalue weighted by Crippen LogP contribution is 2.62. The molecule has 2 atom stereocenters. The van der Waals surface area contributed by atoms with E-state index in [1.54, 1.807) is 0 Å². The molecule has 2 nitrogen and oxygen atoms in total. The molecule has 0 bridgehead atoms. The monoisotopic (exact) mass is 458 g/mol. The number of hydrogen-bond donors (Lipinski definition) is 0. The molecule has 0 aliphatic carbocycles. The maximum atomic E-state index is 14.1. The number of rotatable bonds is 8. The molecule has 170 valence electrons. The van der Waals surface area contributed by atoms with Crippen molar-refractivity contribution in [2.24, 2.45) is 0 Å². The fraction of sp³-hybridized carbons (Fsp3) is 0.786. The maximum absolute atomic E-state index is 14.1. The smallest absolute Gasteiger partial charge is 0.239 e. The third-order valence-electron chi connectivity index (χ3n) is 4.57. The predicted molar refractivity (Wildman–Crippen MR) is 70.1 cm³/mol. The lowest BCUT2D eigenvalue weighted by Crippen LogP contribution is -2.71. The number of alkyl halides is 13. The normalized spacial score (nSPS) is 24.4. The van der Waals surface area contributed by atoms with Crippen LogP contribution in [-0.4, -0.2) is 65.3 Å². The molecular formula is C14H13F13NO+. The third kappa shape index (κ3) is 3.19. The minimum atomic E-state index is -7.94. The Labute approximate surface area is 154 Å². The quantitative estimate of drug-likeness (QED) is 0.216. The fourth-order valence-electron chi connectivity index (χ4n) is 2.86. The lowest BCUT2D eigenvalue weighted by Gasteiger charge is -2.39. The molecular weight excluding hydrogens is 445 g/mol. The molecule has 0 spiro atoms. The summed E-state index contributed by atoms with van der Waals surface area (Å²) >= 11 is 0. The van der Waals surface area contributed by atoms with E-state index in [2.05, 4.69) is 6.58 Å². The summed E-state index contributed by atoms with van der Waals surface area (Å²) < 4.78 is 169. The van der Waals surface area contributed by atoms with E-state index in [1.165, 1.54) is 6.92 Å². The van der Waals surface area contributed by atoms with Crippen LogP contribution in [0.3, 0.4) is 0 Å². The highest BCUT2D eigenvalue weighted by molar-refractivity contribution is 5.82. The van der Waals surface area contributed by atoms with Crippen LogP contribution in [0.4, 0.5) is 57.1 Å². The average molecular weight is 458 g/mol. The summed E-state index contributed by atoms with van der Waals surface area (Å²) in [5, 5.41) is 0. The number of nitrogens with zero attached hydrogens (tertiary/aromatic N) is 1. The van der Waals surface area contributed by atoms with E-state index in [1.807, 2.05) is 0 Å². The van der Waals surface area contributed by atoms with Crippen molar-refractivity contribution in [3.8, 4) is 0 Å². The van der Waals surface area contributed by atoms with Gasteiger partial charge >= 0.3 is 41.7 Å². The van der Waals surface area contributed by atoms with Crippen molar-refractivity contribution in [1.82, 2.24) is 0 Å². The van der Waals surface area contributed by atoms with E-state index >= 15 is 0 Å². The van der Waals surface area contributed by atoms with Gasteiger partial charge < -0.3 is 0 Å². The Balaban J connectivity index is 3.49. The molecule has 1 saturated heterocycles. The molecule has 0 aromatic rings. The molecule has 0 N–H and O–H groups in total. The molecule has 1 rings (SSSR count). The van der Waals surface area contributed by atoms with Crippen LogP contribution in [0, 0.1) is 0 Å². The highest BCUT2D eigenvalue weighted by Gasteiger charge is 2.94. The van der Waals surface area contributed by atoms with Crippen LogP contribution in [0.25, 0.3) is 0 Å². The summed E-state index contributed by atoms with van der Waals surface area (Å²) in [6.45, 7) is 2.23. The predicted octanol–water partition coefficient (Wildman–Crippen LogP) is 5.05. The molecule has 29 heavy (non-hydrogen) atoms. The van der Waals surface area contributed by atoms with Crippen LogP contribution in [-0.2, 0) is 4.79 Å². The Morgan fingerprint density at radius 3 is 1.62 bits per heavy atom. The van der Waals surface area contributed by atoms with Gasteiger partial charge in [-0.15, -0.1) is 0 Å². The van der Waals surface area contributed by atoms with E-state index < -0.39 is 65.3 Å². The van der Waals surface area contributed by atoms with Gasteiger partial charge in [0.2, 0.25) is 6.04 Å². The number of amides is 1. The highest BCUT2D eigenvalue weighted by atomic mass is 19.4. The summed E-state index contributed by atoms with van der Waals surface area (Å²) in [5.41, 5.74) is 0. The van der Waals surface area contributed by atoms with Crippen LogP contribution in [0.2, 0.25) is 0 Å². The van der Waals surface area contributed by atoms with E-state index in [0.29, 0.717) is 6.08 Å². The number of carbonyl (C=O) groups excluding carboxylic acids is 1. The summed E-state index contributed by atoms with van der Waals surface area (Å²) in [4.78, 5) is 11.7. The van der Waals surface area contributed by atoms with Gasteiger partial charge in [-0.25, -0.2) is 9.28 Å². The Morgan fingerprint density at radius 1 is 0.862 bits per heavy atom. The Hall–Kier alpha value is -1.54. The minimum Gasteiger partial charge on any atom is -0.239 e. The van der Waals surface area contributed by atoms with Gasteiger partial charge in [0.25, 0.3) is 0 Å². The Kier molecular flexibility index (Phi) is 5.92. The number of halogens is 13. The van der Waals surface area contributed by atoms with E-state index in [-0.39, 0.29) is 6.42 Å². The molecule has 2 unspecified atom stereocenters. The van der Waals surface area contributed by atoms with Gasteiger partial charge in [0, 0.05) is 6.08 Å². The molecule has 1 amide bonds. The zero-order chi connectivity index (χ0) is 23.5. The SMILES string of the molecule is C=CC(=O)[N+]1(CCC)CC1C(F)(F)C(F)(F)C(F)(F)C(F)(F)C(F)(F)C(F)(F)F. The maximum Gasteiger partial charge on any atom is 0.460 e. The second kappa shape index (κ2) is 6.74. The lowest BCUT2D eigenvalue weighted by molar-refractivity contribution is -0.741. The zero-order valence-electron chi connectivity index (χ0n) is 14.3. The molecule has 0 aromatic heterocycles. The summed E-state index contributed by atoms with van der Waals surface area (Å²) in [5.74, 6) is -38.6. The minimum absolute atomic E-state index is 0.156. The van der Waals surface area contributed by atoms with Crippen LogP contribution >= 0.6 is 0 Å². The van der Waals surface area contributed by atoms with Gasteiger partial charge in [0.15, 0.2) is 0 Å². The zero-order valence-corrected chi connectivity index (χ0v) is 14.3. The molecule has 0 saturated carbocycles. The molecule has 1 heterocycles. The van der Waals surface area contributed by atoms with Gasteiger partial charge in [-0.2, -0.15) is 57.1 Å². The first kappa shape index (κ1) is 25.5. The molecule has 1 aliphatic rings. The second-order valence-corrected chi connectivity index (χ2v) is 6.42. The standard InChI is InChI=1S/C14H13F13NO/c1-3-5-28(8(29)4-2)6-7(28)9(15,16)10(17,18)11(19,20)12(21,22)13(23,24)14(25,26)27/h4,7H,2-3,5-6H2,1H3/q+1. The molecule has 1 aliphatic heterocycles. The Bertz CT molecular complexity index is 669. The first-order valence-electron chi connectivity index (χ1n) is 7.63. The molecule has 15 heteroatoms. The van der Waals surface area contributed by atoms with Crippen LogP contribution in [0.5, 0.6) is 0 Å². The van der Waals surface area contributed by atoms with Crippen LogP contribution in [0.15, 0.2) is 12.7 Å². The van der Waals surface area contributed by atoms with Crippen molar-refractivity contribution < 1.29 is 66.4 Å². The summed E-state index contributed by atoms with van der Waals surface area (Å²) in [7, 11) is 0. The molecule has 0 aromatic carbocycles. The van der Waals surface area contributed by atoms with E-state index in [4.69, 9.17) is 0 Å². The largest absolute Gasteiger partial charge is 0.460 e. The molecule has 0 radical (unpaired) electrons. The van der Waals surface area contributed by atoms with Crippen LogP contribution in [0.1, 0.15) is 13.3 Å². The molecule has 1 fully saturated rings. The van der Waals surface area contributed by atoms with Gasteiger partial charge in [0.1, 0.15) is 6.54 Å².